The number of hydrogen-bond donors (Lipinski definition) is 2. The smallest absolute Gasteiger partial charge is 0.126 e. The summed E-state index contributed by atoms with van der Waals surface area (Å²) < 4.78 is 13.9. The van der Waals surface area contributed by atoms with E-state index in [1.54, 1.807) is 13.0 Å². The van der Waals surface area contributed by atoms with Gasteiger partial charge in [0.15, 0.2) is 0 Å². The predicted octanol–water partition coefficient (Wildman–Crippen LogP) is 3.11. The van der Waals surface area contributed by atoms with Gasteiger partial charge in [0.25, 0.3) is 0 Å². The molecule has 0 aliphatic heterocycles. The minimum atomic E-state index is -1.06. The number of fused-ring (bicyclic) bond motifs is 2. The first-order valence-electron chi connectivity index (χ1n) is 7.60. The molecule has 4 atom stereocenters. The lowest BCUT2D eigenvalue weighted by atomic mass is 9.60. The molecule has 0 spiro atoms. The van der Waals surface area contributed by atoms with Gasteiger partial charge in [-0.25, -0.2) is 4.39 Å². The van der Waals surface area contributed by atoms with E-state index in [0.717, 1.165) is 12.8 Å². The molecule has 2 aliphatic carbocycles. The van der Waals surface area contributed by atoms with Crippen LogP contribution in [0.15, 0.2) is 18.2 Å². The van der Waals surface area contributed by atoms with Crippen molar-refractivity contribution in [1.29, 1.82) is 0 Å². The lowest BCUT2D eigenvalue weighted by Crippen LogP contribution is -2.52. The second kappa shape index (κ2) is 4.54. The first-order chi connectivity index (χ1) is 9.40. The van der Waals surface area contributed by atoms with Crippen molar-refractivity contribution < 1.29 is 9.50 Å². The van der Waals surface area contributed by atoms with E-state index >= 15 is 0 Å². The Labute approximate surface area is 120 Å². The molecular formula is C17H24FNO. The van der Waals surface area contributed by atoms with Crippen LogP contribution in [0.3, 0.4) is 0 Å². The van der Waals surface area contributed by atoms with Crippen LogP contribution in [0.5, 0.6) is 0 Å². The van der Waals surface area contributed by atoms with Gasteiger partial charge in [-0.15, -0.1) is 0 Å². The Morgan fingerprint density at radius 2 is 2.20 bits per heavy atom. The molecule has 3 N–H and O–H groups in total. The topological polar surface area (TPSA) is 46.2 Å². The van der Waals surface area contributed by atoms with Crippen molar-refractivity contribution in [2.75, 3.05) is 6.54 Å². The molecule has 0 radical (unpaired) electrons. The Kier molecular flexibility index (Phi) is 3.18. The lowest BCUT2D eigenvalue weighted by Gasteiger charge is -2.48. The highest BCUT2D eigenvalue weighted by molar-refractivity contribution is 5.31. The molecule has 1 aromatic rings. The van der Waals surface area contributed by atoms with Crippen LogP contribution in [0.25, 0.3) is 0 Å². The maximum atomic E-state index is 13.9. The van der Waals surface area contributed by atoms with Crippen molar-refractivity contribution in [3.8, 4) is 0 Å². The van der Waals surface area contributed by atoms with Gasteiger partial charge in [0.05, 0.1) is 5.60 Å². The molecule has 3 heteroatoms. The van der Waals surface area contributed by atoms with Crippen LogP contribution in [0, 0.1) is 30.0 Å². The number of benzene rings is 1. The first kappa shape index (κ1) is 14.0. The van der Waals surface area contributed by atoms with Crippen LogP contribution in [0.1, 0.15) is 43.7 Å². The largest absolute Gasteiger partial charge is 0.385 e. The molecule has 2 fully saturated rings. The summed E-state index contributed by atoms with van der Waals surface area (Å²) in [6, 6.07) is 5.08. The SMILES string of the molecule is Cc1ccc(C(C)(O)C2(CN)CC3CCC2C3)cc1F. The van der Waals surface area contributed by atoms with Crippen molar-refractivity contribution in [3.05, 3.63) is 35.1 Å². The zero-order valence-electron chi connectivity index (χ0n) is 12.3. The van der Waals surface area contributed by atoms with Crippen molar-refractivity contribution >= 4 is 0 Å². The van der Waals surface area contributed by atoms with E-state index in [0.29, 0.717) is 29.5 Å². The van der Waals surface area contributed by atoms with Crippen LogP contribution >= 0.6 is 0 Å². The van der Waals surface area contributed by atoms with Gasteiger partial charge in [0.1, 0.15) is 5.82 Å². The van der Waals surface area contributed by atoms with Crippen molar-refractivity contribution in [2.45, 2.75) is 45.1 Å². The quantitative estimate of drug-likeness (QED) is 0.891. The summed E-state index contributed by atoms with van der Waals surface area (Å²) in [5.74, 6) is 0.903. The highest BCUT2D eigenvalue weighted by atomic mass is 19.1. The lowest BCUT2D eigenvalue weighted by molar-refractivity contribution is -0.103. The monoisotopic (exact) mass is 277 g/mol. The third kappa shape index (κ3) is 1.76. The van der Waals surface area contributed by atoms with Gasteiger partial charge in [-0.05, 0) is 62.1 Å². The number of aryl methyl sites for hydroxylation is 1. The first-order valence-corrected chi connectivity index (χ1v) is 7.60. The molecule has 3 rings (SSSR count). The van der Waals surface area contributed by atoms with Gasteiger partial charge in [-0.2, -0.15) is 0 Å². The van der Waals surface area contributed by atoms with Crippen molar-refractivity contribution in [2.24, 2.45) is 23.0 Å². The third-order valence-corrected chi connectivity index (χ3v) is 6.04. The van der Waals surface area contributed by atoms with Crippen LogP contribution in [-0.4, -0.2) is 11.7 Å². The highest BCUT2D eigenvalue weighted by Crippen LogP contribution is 2.62. The van der Waals surface area contributed by atoms with Crippen LogP contribution in [-0.2, 0) is 5.60 Å². The Morgan fingerprint density at radius 3 is 2.70 bits per heavy atom. The van der Waals surface area contributed by atoms with E-state index in [-0.39, 0.29) is 11.2 Å². The molecule has 0 heterocycles. The van der Waals surface area contributed by atoms with Crippen molar-refractivity contribution in [3.63, 3.8) is 0 Å². The molecule has 1 aromatic carbocycles. The van der Waals surface area contributed by atoms with E-state index in [9.17, 15) is 9.50 Å². The molecule has 0 aromatic heterocycles. The number of aliphatic hydroxyl groups is 1. The molecule has 4 unspecified atom stereocenters. The van der Waals surface area contributed by atoms with E-state index in [4.69, 9.17) is 5.73 Å². The Balaban J connectivity index is 2.03. The minimum absolute atomic E-state index is 0.252. The Morgan fingerprint density at radius 1 is 1.45 bits per heavy atom. The molecule has 2 bridgehead atoms. The standard InChI is InChI=1S/C17H24FNO/c1-11-3-5-13(8-15(11)18)16(2,20)17(10-19)9-12-4-6-14(17)7-12/h3,5,8,12,14,20H,4,6-7,9-10,19H2,1-2H3. The summed E-state index contributed by atoms with van der Waals surface area (Å²) in [6.45, 7) is 4.03. The van der Waals surface area contributed by atoms with Gasteiger partial charge in [-0.1, -0.05) is 18.6 Å². The molecule has 2 nitrogen and oxygen atoms in total. The van der Waals surface area contributed by atoms with Gasteiger partial charge in [0, 0.05) is 12.0 Å². The molecule has 2 saturated carbocycles. The average molecular weight is 277 g/mol. The summed E-state index contributed by atoms with van der Waals surface area (Å²) in [6.07, 6.45) is 4.54. The van der Waals surface area contributed by atoms with Crippen LogP contribution in [0.2, 0.25) is 0 Å². The summed E-state index contributed by atoms with van der Waals surface area (Å²) in [5, 5.41) is 11.2. The second-order valence-electron chi connectivity index (χ2n) is 6.98. The number of halogens is 1. The average Bonchev–Trinajstić information content (AvgIpc) is 3.02. The van der Waals surface area contributed by atoms with E-state index in [2.05, 4.69) is 0 Å². The molecule has 2 aliphatic rings. The Bertz CT molecular complexity index is 528. The van der Waals surface area contributed by atoms with Gasteiger partial charge in [-0.3, -0.25) is 0 Å². The number of nitrogens with two attached hydrogens (primary N) is 1. The third-order valence-electron chi connectivity index (χ3n) is 6.04. The predicted molar refractivity (Wildman–Crippen MR) is 77.6 cm³/mol. The van der Waals surface area contributed by atoms with Gasteiger partial charge in [0.2, 0.25) is 0 Å². The molecule has 0 amide bonds. The van der Waals surface area contributed by atoms with E-state index in [1.165, 1.54) is 18.9 Å². The number of hydrogen-bond acceptors (Lipinski definition) is 2. The van der Waals surface area contributed by atoms with Crippen LogP contribution in [0.4, 0.5) is 4.39 Å². The molecule has 110 valence electrons. The van der Waals surface area contributed by atoms with Crippen LogP contribution < -0.4 is 5.73 Å². The van der Waals surface area contributed by atoms with E-state index < -0.39 is 5.60 Å². The molecule has 20 heavy (non-hydrogen) atoms. The zero-order chi connectivity index (χ0) is 14.5. The molecular weight excluding hydrogens is 253 g/mol. The van der Waals surface area contributed by atoms with Gasteiger partial charge >= 0.3 is 0 Å². The maximum Gasteiger partial charge on any atom is 0.126 e. The number of rotatable bonds is 3. The highest BCUT2D eigenvalue weighted by Gasteiger charge is 2.59. The van der Waals surface area contributed by atoms with Crippen molar-refractivity contribution in [1.82, 2.24) is 0 Å². The summed E-state index contributed by atoms with van der Waals surface area (Å²) in [7, 11) is 0. The second-order valence-corrected chi connectivity index (χ2v) is 6.98. The summed E-state index contributed by atoms with van der Waals surface area (Å²) in [5.41, 5.74) is 6.02. The van der Waals surface area contributed by atoms with Gasteiger partial charge < -0.3 is 10.8 Å². The fourth-order valence-electron chi connectivity index (χ4n) is 4.67. The fourth-order valence-corrected chi connectivity index (χ4v) is 4.67. The summed E-state index contributed by atoms with van der Waals surface area (Å²) in [4.78, 5) is 0. The zero-order valence-corrected chi connectivity index (χ0v) is 12.3. The summed E-state index contributed by atoms with van der Waals surface area (Å²) >= 11 is 0. The molecule has 0 saturated heterocycles. The maximum absolute atomic E-state index is 13.9. The van der Waals surface area contributed by atoms with E-state index in [1.807, 2.05) is 13.0 Å². The minimum Gasteiger partial charge on any atom is -0.385 e. The fraction of sp³-hybridized carbons (Fsp3) is 0.647. The normalized spacial score (nSPS) is 35.2. The Hall–Kier alpha value is -0.930.